The molecule has 0 aromatic heterocycles. The highest BCUT2D eigenvalue weighted by Gasteiger charge is 2.50. The van der Waals surface area contributed by atoms with Crippen LogP contribution in [0.1, 0.15) is 33.3 Å². The fourth-order valence-corrected chi connectivity index (χ4v) is 3.68. The van der Waals surface area contributed by atoms with Crippen molar-refractivity contribution in [3.63, 3.8) is 0 Å². The first kappa shape index (κ1) is 16.9. The first-order valence-electron chi connectivity index (χ1n) is 7.48. The molecule has 0 bridgehead atoms. The summed E-state index contributed by atoms with van der Waals surface area (Å²) in [5.41, 5.74) is 0.840. The quantitative estimate of drug-likeness (QED) is 0.897. The Kier molecular flexibility index (Phi) is 4.41. The van der Waals surface area contributed by atoms with E-state index < -0.39 is 29.2 Å². The number of hydrogen-bond acceptors (Lipinski definition) is 3. The van der Waals surface area contributed by atoms with Crippen LogP contribution in [0, 0.1) is 11.8 Å². The average Bonchev–Trinajstić information content (AvgIpc) is 2.53. The molecule has 5 heteroatoms. The fourth-order valence-electron chi connectivity index (χ4n) is 3.68. The van der Waals surface area contributed by atoms with Crippen LogP contribution in [-0.4, -0.2) is 27.9 Å². The molecule has 1 aromatic carbocycles. The van der Waals surface area contributed by atoms with Gasteiger partial charge in [0, 0.05) is 22.7 Å². The van der Waals surface area contributed by atoms with E-state index in [2.05, 4.69) is 4.99 Å². The zero-order valence-electron chi connectivity index (χ0n) is 13.7. The second-order valence-electron chi connectivity index (χ2n) is 6.20. The predicted octanol–water partition coefficient (Wildman–Crippen LogP) is 3.11. The third-order valence-electron chi connectivity index (χ3n) is 4.96. The smallest absolute Gasteiger partial charge is 0.333 e. The molecule has 122 valence electrons. The van der Waals surface area contributed by atoms with Gasteiger partial charge in [-0.3, -0.25) is 9.79 Å². The van der Waals surface area contributed by atoms with Crippen molar-refractivity contribution in [2.24, 2.45) is 16.8 Å². The highest BCUT2D eigenvalue weighted by atomic mass is 16.4. The zero-order valence-corrected chi connectivity index (χ0v) is 13.7. The van der Waals surface area contributed by atoms with E-state index in [0.29, 0.717) is 11.4 Å². The summed E-state index contributed by atoms with van der Waals surface area (Å²) in [7, 11) is 0. The van der Waals surface area contributed by atoms with Crippen molar-refractivity contribution in [3.05, 3.63) is 47.2 Å². The van der Waals surface area contributed by atoms with Gasteiger partial charge in [0.05, 0.1) is 5.57 Å². The van der Waals surface area contributed by atoms with Gasteiger partial charge in [0.15, 0.2) is 0 Å². The van der Waals surface area contributed by atoms with E-state index in [1.54, 1.807) is 20.8 Å². The van der Waals surface area contributed by atoms with Crippen molar-refractivity contribution in [2.45, 2.75) is 33.1 Å². The number of nitrogens with zero attached hydrogens (tertiary/aromatic N) is 1. The molecule has 3 unspecified atom stereocenters. The Hall–Kier alpha value is -2.43. The third kappa shape index (κ3) is 2.67. The molecular weight excluding hydrogens is 294 g/mol. The van der Waals surface area contributed by atoms with Gasteiger partial charge in [-0.05, 0) is 19.4 Å². The van der Waals surface area contributed by atoms with Crippen LogP contribution in [0.2, 0.25) is 0 Å². The largest absolute Gasteiger partial charge is 0.481 e. The minimum Gasteiger partial charge on any atom is -0.481 e. The van der Waals surface area contributed by atoms with E-state index in [0.717, 1.165) is 5.56 Å². The number of carbonyl (C=O) groups is 2. The van der Waals surface area contributed by atoms with Gasteiger partial charge >= 0.3 is 11.9 Å². The van der Waals surface area contributed by atoms with Crippen molar-refractivity contribution in [1.82, 2.24) is 0 Å². The van der Waals surface area contributed by atoms with Gasteiger partial charge < -0.3 is 10.2 Å². The van der Waals surface area contributed by atoms with Crippen molar-refractivity contribution in [1.29, 1.82) is 0 Å². The van der Waals surface area contributed by atoms with Gasteiger partial charge in [0.2, 0.25) is 0 Å². The standard InChI is InChI=1S/C18H21NO4/c1-10-14(16(20)21)11(2)19-12(3)15(17(22)23)18(10,4)13-8-6-5-7-9-13/h5-10,15H,1-4H3,(H,20,21)(H,22,23). The number of aliphatic imine (C=N–C) groups is 1. The van der Waals surface area contributed by atoms with Crippen LogP contribution in [-0.2, 0) is 15.0 Å². The molecule has 5 nitrogen and oxygen atoms in total. The zero-order chi connectivity index (χ0) is 17.4. The molecule has 2 N–H and O–H groups in total. The van der Waals surface area contributed by atoms with Gasteiger partial charge in [0.1, 0.15) is 5.92 Å². The molecule has 0 saturated heterocycles. The molecule has 2 rings (SSSR count). The van der Waals surface area contributed by atoms with Gasteiger partial charge in [-0.15, -0.1) is 0 Å². The molecule has 0 aliphatic carbocycles. The normalized spacial score (nSPS) is 28.1. The lowest BCUT2D eigenvalue weighted by Gasteiger charge is -2.40. The maximum atomic E-state index is 12.0. The Morgan fingerprint density at radius 2 is 1.70 bits per heavy atom. The summed E-state index contributed by atoms with van der Waals surface area (Å²) in [6.07, 6.45) is 0. The molecule has 1 aliphatic rings. The minimum atomic E-state index is -1.06. The van der Waals surface area contributed by atoms with E-state index in [4.69, 9.17) is 0 Å². The Morgan fingerprint density at radius 1 is 1.13 bits per heavy atom. The number of carboxylic acid groups (broad SMARTS) is 2. The third-order valence-corrected chi connectivity index (χ3v) is 4.96. The van der Waals surface area contributed by atoms with E-state index in [1.165, 1.54) is 0 Å². The Balaban J connectivity index is 2.80. The van der Waals surface area contributed by atoms with Crippen molar-refractivity contribution < 1.29 is 19.8 Å². The van der Waals surface area contributed by atoms with Crippen LogP contribution in [0.4, 0.5) is 0 Å². The number of allylic oxidation sites excluding steroid dienone is 1. The monoisotopic (exact) mass is 315 g/mol. The van der Waals surface area contributed by atoms with Crippen LogP contribution in [0.5, 0.6) is 0 Å². The number of benzene rings is 1. The van der Waals surface area contributed by atoms with Crippen molar-refractivity contribution >= 4 is 17.7 Å². The second-order valence-corrected chi connectivity index (χ2v) is 6.20. The first-order valence-corrected chi connectivity index (χ1v) is 7.48. The van der Waals surface area contributed by atoms with Crippen LogP contribution in [0.25, 0.3) is 0 Å². The molecular formula is C18H21NO4. The van der Waals surface area contributed by atoms with E-state index in [-0.39, 0.29) is 5.57 Å². The number of aliphatic carboxylic acids is 2. The number of hydrogen-bond donors (Lipinski definition) is 2. The van der Waals surface area contributed by atoms with Gasteiger partial charge in [0.25, 0.3) is 0 Å². The summed E-state index contributed by atoms with van der Waals surface area (Å²) < 4.78 is 0. The molecule has 0 radical (unpaired) electrons. The molecule has 0 saturated carbocycles. The minimum absolute atomic E-state index is 0.166. The number of rotatable bonds is 3. The topological polar surface area (TPSA) is 87.0 Å². The van der Waals surface area contributed by atoms with Crippen LogP contribution < -0.4 is 0 Å². The maximum Gasteiger partial charge on any atom is 0.333 e. The van der Waals surface area contributed by atoms with Crippen LogP contribution in [0.15, 0.2) is 46.6 Å². The molecule has 1 aromatic rings. The fraction of sp³-hybridized carbons (Fsp3) is 0.389. The average molecular weight is 315 g/mol. The molecule has 0 amide bonds. The highest BCUT2D eigenvalue weighted by molar-refractivity contribution is 6.04. The lowest BCUT2D eigenvalue weighted by atomic mass is 9.61. The lowest BCUT2D eigenvalue weighted by Crippen LogP contribution is -2.46. The van der Waals surface area contributed by atoms with Gasteiger partial charge in [-0.25, -0.2) is 4.79 Å². The molecule has 1 heterocycles. The van der Waals surface area contributed by atoms with Gasteiger partial charge in [-0.2, -0.15) is 0 Å². The van der Waals surface area contributed by atoms with E-state index >= 15 is 0 Å². The van der Waals surface area contributed by atoms with E-state index in [9.17, 15) is 19.8 Å². The summed E-state index contributed by atoms with van der Waals surface area (Å²) in [6, 6.07) is 9.21. The summed E-state index contributed by atoms with van der Waals surface area (Å²) in [5, 5.41) is 19.4. The first-order chi connectivity index (χ1) is 10.7. The van der Waals surface area contributed by atoms with Crippen LogP contribution >= 0.6 is 0 Å². The number of carboxylic acids is 2. The second kappa shape index (κ2) is 5.99. The van der Waals surface area contributed by atoms with Crippen LogP contribution in [0.3, 0.4) is 0 Å². The molecule has 0 fully saturated rings. The molecule has 23 heavy (non-hydrogen) atoms. The SMILES string of the molecule is CC1=NC(C)=C(C(=O)O)C(C)C(C)(c2ccccc2)C1C(=O)O. The molecule has 3 atom stereocenters. The summed E-state index contributed by atoms with van der Waals surface area (Å²) in [4.78, 5) is 28.0. The lowest BCUT2D eigenvalue weighted by molar-refractivity contribution is -0.142. The summed E-state index contributed by atoms with van der Waals surface area (Å²) >= 11 is 0. The van der Waals surface area contributed by atoms with Crippen molar-refractivity contribution in [3.8, 4) is 0 Å². The van der Waals surface area contributed by atoms with Gasteiger partial charge in [-0.1, -0.05) is 44.2 Å². The van der Waals surface area contributed by atoms with Crippen molar-refractivity contribution in [2.75, 3.05) is 0 Å². The highest BCUT2D eigenvalue weighted by Crippen LogP contribution is 2.46. The van der Waals surface area contributed by atoms with E-state index in [1.807, 2.05) is 37.3 Å². The predicted molar refractivity (Wildman–Crippen MR) is 87.5 cm³/mol. The summed E-state index contributed by atoms with van der Waals surface area (Å²) in [6.45, 7) is 6.86. The summed E-state index contributed by atoms with van der Waals surface area (Å²) in [5.74, 6) is -3.46. The molecule has 0 spiro atoms. The Labute approximate surface area is 135 Å². The maximum absolute atomic E-state index is 12.0. The Morgan fingerprint density at radius 3 is 2.17 bits per heavy atom. The molecule has 1 aliphatic heterocycles. The Bertz CT molecular complexity index is 705.